The molecule has 0 saturated carbocycles. The molecular weight excluding hydrogens is 312 g/mol. The van der Waals surface area contributed by atoms with Gasteiger partial charge in [0.2, 0.25) is 10.0 Å². The summed E-state index contributed by atoms with van der Waals surface area (Å²) in [7, 11) is -3.32. The summed E-state index contributed by atoms with van der Waals surface area (Å²) < 4.78 is 26.1. The summed E-state index contributed by atoms with van der Waals surface area (Å²) in [6.45, 7) is 1.95. The van der Waals surface area contributed by atoms with Gasteiger partial charge in [0.1, 0.15) is 5.82 Å². The third kappa shape index (κ3) is 5.27. The number of pyridine rings is 1. The first kappa shape index (κ1) is 16.8. The Kier molecular flexibility index (Phi) is 5.55. The molecule has 0 fully saturated rings. The molecule has 0 atom stereocenters. The maximum Gasteiger partial charge on any atom is 0.232 e. The van der Waals surface area contributed by atoms with Crippen molar-refractivity contribution < 1.29 is 8.42 Å². The van der Waals surface area contributed by atoms with Crippen LogP contribution in [-0.2, 0) is 10.0 Å². The molecule has 0 radical (unpaired) electrons. The van der Waals surface area contributed by atoms with Crippen molar-refractivity contribution in [3.05, 3.63) is 48.2 Å². The molecule has 2 rings (SSSR count). The fraction of sp³-hybridized carbons (Fsp3) is 0.250. The van der Waals surface area contributed by atoms with Crippen LogP contribution in [-0.4, -0.2) is 19.2 Å². The second-order valence-corrected chi connectivity index (χ2v) is 6.86. The molecule has 0 aliphatic rings. The van der Waals surface area contributed by atoms with Crippen molar-refractivity contribution in [1.82, 2.24) is 4.98 Å². The summed E-state index contributed by atoms with van der Waals surface area (Å²) in [4.78, 5) is 4.18. The standard InChI is InChI=1S/C16H18N4O2S/c1-2-3-10-23(21,22)20-15-8-9-16(18-12-15)19-14-6-4-13(11-17)5-7-14/h4-9,12,20H,2-3,10H2,1H3,(H,18,19). The first-order valence-electron chi connectivity index (χ1n) is 7.26. The van der Waals surface area contributed by atoms with E-state index in [0.29, 0.717) is 23.5 Å². The van der Waals surface area contributed by atoms with Gasteiger partial charge in [-0.1, -0.05) is 13.3 Å². The van der Waals surface area contributed by atoms with Gasteiger partial charge in [-0.2, -0.15) is 5.26 Å². The van der Waals surface area contributed by atoms with Gasteiger partial charge in [0.15, 0.2) is 0 Å². The third-order valence-electron chi connectivity index (χ3n) is 3.09. The van der Waals surface area contributed by atoms with Gasteiger partial charge in [-0.25, -0.2) is 13.4 Å². The van der Waals surface area contributed by atoms with E-state index >= 15 is 0 Å². The van der Waals surface area contributed by atoms with E-state index < -0.39 is 10.0 Å². The molecule has 0 unspecified atom stereocenters. The number of rotatable bonds is 7. The molecule has 7 heteroatoms. The van der Waals surface area contributed by atoms with Crippen LogP contribution in [0, 0.1) is 11.3 Å². The Morgan fingerprint density at radius 1 is 1.13 bits per heavy atom. The lowest BCUT2D eigenvalue weighted by atomic mass is 10.2. The van der Waals surface area contributed by atoms with Crippen LogP contribution >= 0.6 is 0 Å². The molecule has 0 aliphatic heterocycles. The van der Waals surface area contributed by atoms with Gasteiger partial charge in [0, 0.05) is 5.69 Å². The Balaban J connectivity index is 2.00. The molecule has 2 aromatic rings. The van der Waals surface area contributed by atoms with E-state index in [-0.39, 0.29) is 5.75 Å². The molecule has 0 saturated heterocycles. The summed E-state index contributed by atoms with van der Waals surface area (Å²) in [5, 5.41) is 11.8. The Hall–Kier alpha value is -2.59. The largest absolute Gasteiger partial charge is 0.340 e. The quantitative estimate of drug-likeness (QED) is 0.812. The maximum atomic E-state index is 11.8. The number of nitriles is 1. The second-order valence-electron chi connectivity index (χ2n) is 5.02. The lowest BCUT2D eigenvalue weighted by molar-refractivity contribution is 0.598. The zero-order valence-electron chi connectivity index (χ0n) is 12.8. The number of nitrogens with one attached hydrogen (secondary N) is 2. The zero-order valence-corrected chi connectivity index (χ0v) is 13.6. The third-order valence-corrected chi connectivity index (χ3v) is 4.46. The highest BCUT2D eigenvalue weighted by molar-refractivity contribution is 7.92. The number of benzene rings is 1. The van der Waals surface area contributed by atoms with E-state index in [4.69, 9.17) is 5.26 Å². The van der Waals surface area contributed by atoms with Crippen molar-refractivity contribution >= 4 is 27.2 Å². The lowest BCUT2D eigenvalue weighted by Crippen LogP contribution is -2.16. The minimum absolute atomic E-state index is 0.106. The topological polar surface area (TPSA) is 94.9 Å². The summed E-state index contributed by atoms with van der Waals surface area (Å²) in [6, 6.07) is 12.4. The summed E-state index contributed by atoms with van der Waals surface area (Å²) >= 11 is 0. The van der Waals surface area contributed by atoms with E-state index in [1.807, 2.05) is 6.92 Å². The zero-order chi connectivity index (χ0) is 16.7. The van der Waals surface area contributed by atoms with E-state index in [0.717, 1.165) is 12.1 Å². The number of aromatic nitrogens is 1. The fourth-order valence-corrected chi connectivity index (χ4v) is 3.12. The summed E-state index contributed by atoms with van der Waals surface area (Å²) in [6.07, 6.45) is 2.92. The van der Waals surface area contributed by atoms with Gasteiger partial charge in [-0.3, -0.25) is 4.72 Å². The molecule has 1 aromatic heterocycles. The van der Waals surface area contributed by atoms with E-state index in [2.05, 4.69) is 21.1 Å². The maximum absolute atomic E-state index is 11.8. The Labute approximate surface area is 136 Å². The van der Waals surface area contributed by atoms with Crippen LogP contribution in [0.1, 0.15) is 25.3 Å². The fourth-order valence-electron chi connectivity index (χ4n) is 1.87. The molecule has 1 heterocycles. The van der Waals surface area contributed by atoms with Gasteiger partial charge in [-0.15, -0.1) is 0 Å². The first-order valence-corrected chi connectivity index (χ1v) is 8.91. The van der Waals surface area contributed by atoms with Crippen molar-refractivity contribution in [2.75, 3.05) is 15.8 Å². The Morgan fingerprint density at radius 2 is 1.83 bits per heavy atom. The lowest BCUT2D eigenvalue weighted by Gasteiger charge is -2.09. The molecular formula is C16H18N4O2S. The van der Waals surface area contributed by atoms with Gasteiger partial charge in [0.25, 0.3) is 0 Å². The van der Waals surface area contributed by atoms with Crippen molar-refractivity contribution in [1.29, 1.82) is 5.26 Å². The number of nitrogens with zero attached hydrogens (tertiary/aromatic N) is 2. The van der Waals surface area contributed by atoms with Crippen LogP contribution in [0.15, 0.2) is 42.6 Å². The van der Waals surface area contributed by atoms with Crippen molar-refractivity contribution in [3.8, 4) is 6.07 Å². The number of sulfonamides is 1. The number of unbranched alkanes of at least 4 members (excludes halogenated alkanes) is 1. The SMILES string of the molecule is CCCCS(=O)(=O)Nc1ccc(Nc2ccc(C#N)cc2)nc1. The van der Waals surface area contributed by atoms with E-state index in [1.165, 1.54) is 6.20 Å². The molecule has 0 amide bonds. The number of anilines is 3. The van der Waals surface area contributed by atoms with Crippen molar-refractivity contribution in [2.24, 2.45) is 0 Å². The normalized spacial score (nSPS) is 10.8. The Morgan fingerprint density at radius 3 is 2.39 bits per heavy atom. The minimum atomic E-state index is -3.32. The van der Waals surface area contributed by atoms with Gasteiger partial charge in [0.05, 0.1) is 29.3 Å². The van der Waals surface area contributed by atoms with Crippen LogP contribution in [0.2, 0.25) is 0 Å². The highest BCUT2D eigenvalue weighted by atomic mass is 32.2. The summed E-state index contributed by atoms with van der Waals surface area (Å²) in [5.74, 6) is 0.695. The smallest absolute Gasteiger partial charge is 0.232 e. The van der Waals surface area contributed by atoms with E-state index in [1.54, 1.807) is 36.4 Å². The predicted octanol–water partition coefficient (Wildman–Crippen LogP) is 3.24. The highest BCUT2D eigenvalue weighted by Crippen LogP contribution is 2.17. The molecule has 0 bridgehead atoms. The van der Waals surface area contributed by atoms with Crippen LogP contribution in [0.25, 0.3) is 0 Å². The van der Waals surface area contributed by atoms with Gasteiger partial charge >= 0.3 is 0 Å². The van der Waals surface area contributed by atoms with Crippen LogP contribution in [0.4, 0.5) is 17.2 Å². The van der Waals surface area contributed by atoms with Gasteiger partial charge < -0.3 is 5.32 Å². The minimum Gasteiger partial charge on any atom is -0.340 e. The van der Waals surface area contributed by atoms with Crippen LogP contribution in [0.5, 0.6) is 0 Å². The van der Waals surface area contributed by atoms with Crippen molar-refractivity contribution in [2.45, 2.75) is 19.8 Å². The molecule has 23 heavy (non-hydrogen) atoms. The molecule has 0 aliphatic carbocycles. The highest BCUT2D eigenvalue weighted by Gasteiger charge is 2.09. The summed E-state index contributed by atoms with van der Waals surface area (Å²) in [5.41, 5.74) is 1.82. The second kappa shape index (κ2) is 7.61. The first-order chi connectivity index (χ1) is 11.0. The molecule has 6 nitrogen and oxygen atoms in total. The number of hydrogen-bond donors (Lipinski definition) is 2. The molecule has 2 N–H and O–H groups in total. The molecule has 0 spiro atoms. The van der Waals surface area contributed by atoms with Gasteiger partial charge in [-0.05, 0) is 42.8 Å². The van der Waals surface area contributed by atoms with Crippen molar-refractivity contribution in [3.63, 3.8) is 0 Å². The average Bonchev–Trinajstić information content (AvgIpc) is 2.55. The number of hydrogen-bond acceptors (Lipinski definition) is 5. The van der Waals surface area contributed by atoms with E-state index in [9.17, 15) is 8.42 Å². The molecule has 120 valence electrons. The molecule has 1 aromatic carbocycles. The van der Waals surface area contributed by atoms with Crippen LogP contribution in [0.3, 0.4) is 0 Å². The Bertz CT molecular complexity index is 778. The average molecular weight is 330 g/mol. The van der Waals surface area contributed by atoms with Crippen LogP contribution < -0.4 is 10.0 Å². The predicted molar refractivity (Wildman–Crippen MR) is 91.0 cm³/mol. The monoisotopic (exact) mass is 330 g/mol.